The van der Waals surface area contributed by atoms with Crippen LogP contribution in [0.2, 0.25) is 10.0 Å². The van der Waals surface area contributed by atoms with Crippen LogP contribution in [0.3, 0.4) is 0 Å². The molecule has 3 aromatic rings. The number of amidine groups is 1. The summed E-state index contributed by atoms with van der Waals surface area (Å²) in [6.45, 7) is 0. The topological polar surface area (TPSA) is 45.1 Å². The lowest BCUT2D eigenvalue weighted by atomic mass is 10.1. The highest BCUT2D eigenvalue weighted by Gasteiger charge is 2.43. The molecule has 31 heavy (non-hydrogen) atoms. The molecule has 2 atom stereocenters. The lowest BCUT2D eigenvalue weighted by Gasteiger charge is -2.28. The summed E-state index contributed by atoms with van der Waals surface area (Å²) >= 11 is 13.0. The highest BCUT2D eigenvalue weighted by molar-refractivity contribution is 6.32. The maximum absolute atomic E-state index is 12.7. The number of likely N-dealkylation sites (N-methyl/N-ethyl adjacent to an activating group) is 2. The zero-order valence-electron chi connectivity index (χ0n) is 17.1. The summed E-state index contributed by atoms with van der Waals surface area (Å²) in [5.74, 6) is 0.962. The molecule has 0 bridgehead atoms. The Hall–Kier alpha value is -2.86. The number of para-hydroxylation sites is 1. The van der Waals surface area contributed by atoms with Crippen LogP contribution in [0.4, 0.5) is 4.79 Å². The molecule has 0 aliphatic carbocycles. The average molecular weight is 454 g/mol. The number of hydrogen-bond donors (Lipinski definition) is 0. The second kappa shape index (κ2) is 9.10. The molecule has 1 aliphatic heterocycles. The number of halogens is 2. The van der Waals surface area contributed by atoms with Crippen LogP contribution in [-0.4, -0.2) is 35.8 Å². The molecule has 0 aromatic heterocycles. The van der Waals surface area contributed by atoms with E-state index in [0.29, 0.717) is 21.6 Å². The van der Waals surface area contributed by atoms with Crippen molar-refractivity contribution in [2.75, 3.05) is 14.1 Å². The molecule has 0 radical (unpaired) electrons. The van der Waals surface area contributed by atoms with Gasteiger partial charge >= 0.3 is 6.09 Å². The van der Waals surface area contributed by atoms with Crippen LogP contribution in [0.5, 0.6) is 5.75 Å². The van der Waals surface area contributed by atoms with Crippen molar-refractivity contribution in [2.24, 2.45) is 4.99 Å². The molecular weight excluding hydrogens is 433 g/mol. The number of hydrogen-bond acceptors (Lipinski definition) is 3. The Morgan fingerprint density at radius 3 is 2.00 bits per heavy atom. The largest absolute Gasteiger partial charge is 0.440 e. The minimum Gasteiger partial charge on any atom is -0.409 e. The van der Waals surface area contributed by atoms with Crippen LogP contribution in [0, 0.1) is 0 Å². The van der Waals surface area contributed by atoms with Crippen molar-refractivity contribution in [3.63, 3.8) is 0 Å². The molecule has 7 heteroatoms. The zero-order chi connectivity index (χ0) is 22.0. The Bertz CT molecular complexity index is 1120. The van der Waals surface area contributed by atoms with E-state index >= 15 is 0 Å². The maximum atomic E-state index is 12.7. The second-order valence-corrected chi connectivity index (χ2v) is 8.06. The van der Waals surface area contributed by atoms with E-state index in [1.165, 1.54) is 0 Å². The van der Waals surface area contributed by atoms with Crippen LogP contribution in [0.25, 0.3) is 0 Å². The van der Waals surface area contributed by atoms with E-state index in [0.717, 1.165) is 11.1 Å². The Kier molecular flexibility index (Phi) is 6.28. The molecule has 0 spiro atoms. The van der Waals surface area contributed by atoms with Gasteiger partial charge in [-0.25, -0.2) is 4.79 Å². The van der Waals surface area contributed by atoms with Gasteiger partial charge in [-0.3, -0.25) is 4.90 Å². The Labute approximate surface area is 191 Å². The Morgan fingerprint density at radius 2 is 1.39 bits per heavy atom. The highest BCUT2D eigenvalue weighted by atomic mass is 35.5. The molecule has 3 aromatic carbocycles. The normalized spacial score (nSPS) is 20.3. The van der Waals surface area contributed by atoms with Gasteiger partial charge in [0.05, 0.1) is 6.04 Å². The van der Waals surface area contributed by atoms with Crippen LogP contribution < -0.4 is 4.74 Å². The third-order valence-corrected chi connectivity index (χ3v) is 5.99. The first-order valence-corrected chi connectivity index (χ1v) is 10.5. The summed E-state index contributed by atoms with van der Waals surface area (Å²) in [7, 11) is 3.85. The smallest absolute Gasteiger partial charge is 0.409 e. The van der Waals surface area contributed by atoms with Crippen molar-refractivity contribution in [1.29, 1.82) is 0 Å². The molecule has 0 N–H and O–H groups in total. The minimum absolute atomic E-state index is 0.238. The fourth-order valence-corrected chi connectivity index (χ4v) is 4.40. The summed E-state index contributed by atoms with van der Waals surface area (Å²) in [6, 6.07) is 23.7. The third-order valence-electron chi connectivity index (χ3n) is 5.30. The first-order valence-electron chi connectivity index (χ1n) is 9.76. The summed E-state index contributed by atoms with van der Waals surface area (Å²) < 4.78 is 5.41. The van der Waals surface area contributed by atoms with Crippen molar-refractivity contribution < 1.29 is 9.53 Å². The lowest BCUT2D eigenvalue weighted by Crippen LogP contribution is -2.27. The van der Waals surface area contributed by atoms with Gasteiger partial charge in [-0.05, 0) is 36.9 Å². The van der Waals surface area contributed by atoms with E-state index < -0.39 is 6.09 Å². The molecule has 1 aliphatic rings. The van der Waals surface area contributed by atoms with Crippen molar-refractivity contribution in [1.82, 2.24) is 9.80 Å². The Morgan fingerprint density at radius 1 is 0.839 bits per heavy atom. The molecule has 1 saturated heterocycles. The van der Waals surface area contributed by atoms with E-state index in [9.17, 15) is 4.79 Å². The second-order valence-electron chi connectivity index (χ2n) is 7.25. The first kappa shape index (κ1) is 21.4. The molecular formula is C24H21Cl2N3O2. The van der Waals surface area contributed by atoms with Crippen LogP contribution in [-0.2, 0) is 0 Å². The highest BCUT2D eigenvalue weighted by Crippen LogP contribution is 2.43. The van der Waals surface area contributed by atoms with Gasteiger partial charge in [0.1, 0.15) is 17.8 Å². The van der Waals surface area contributed by atoms with Gasteiger partial charge in [-0.2, -0.15) is 4.99 Å². The number of benzene rings is 3. The van der Waals surface area contributed by atoms with Gasteiger partial charge in [0.2, 0.25) is 0 Å². The molecule has 1 amide bonds. The number of nitrogens with zero attached hydrogens (tertiary/aromatic N) is 3. The number of carbonyl (C=O) groups is 1. The van der Waals surface area contributed by atoms with Crippen molar-refractivity contribution in [3.8, 4) is 5.75 Å². The number of carbonyl (C=O) groups excluding carboxylic acids is 1. The minimum atomic E-state index is -0.696. The zero-order valence-corrected chi connectivity index (χ0v) is 18.6. The SMILES string of the molecule is CN1/C(=N/C(=O)Oc2ccccc2)C(c2ccccc2Cl)N(C)C1c1ccccc1Cl. The predicted molar refractivity (Wildman–Crippen MR) is 124 cm³/mol. The van der Waals surface area contributed by atoms with Crippen LogP contribution in [0.15, 0.2) is 83.9 Å². The van der Waals surface area contributed by atoms with Gasteiger partial charge in [0.15, 0.2) is 0 Å². The summed E-state index contributed by atoms with van der Waals surface area (Å²) in [4.78, 5) is 21.1. The fraction of sp³-hybridized carbons (Fsp3) is 0.167. The van der Waals surface area contributed by atoms with Gasteiger partial charge in [0, 0.05) is 22.7 Å². The number of ether oxygens (including phenoxy) is 1. The summed E-state index contributed by atoms with van der Waals surface area (Å²) in [6.07, 6.45) is -0.934. The predicted octanol–water partition coefficient (Wildman–Crippen LogP) is 6.21. The Balaban J connectivity index is 1.77. The maximum Gasteiger partial charge on any atom is 0.440 e. The van der Waals surface area contributed by atoms with E-state index in [-0.39, 0.29) is 12.2 Å². The molecule has 4 rings (SSSR count). The van der Waals surface area contributed by atoms with E-state index in [2.05, 4.69) is 9.89 Å². The van der Waals surface area contributed by atoms with Gasteiger partial charge in [-0.1, -0.05) is 77.8 Å². The van der Waals surface area contributed by atoms with Crippen molar-refractivity contribution in [2.45, 2.75) is 12.2 Å². The van der Waals surface area contributed by atoms with Crippen molar-refractivity contribution >= 4 is 35.1 Å². The van der Waals surface area contributed by atoms with E-state index in [4.69, 9.17) is 27.9 Å². The molecule has 2 unspecified atom stereocenters. The van der Waals surface area contributed by atoms with Crippen LogP contribution >= 0.6 is 23.2 Å². The number of aliphatic imine (C=N–C) groups is 1. The summed E-state index contributed by atoms with van der Waals surface area (Å²) in [5.41, 5.74) is 1.76. The quantitative estimate of drug-likeness (QED) is 0.472. The fourth-order valence-electron chi connectivity index (χ4n) is 3.93. The summed E-state index contributed by atoms with van der Waals surface area (Å²) in [5, 5.41) is 1.23. The van der Waals surface area contributed by atoms with Crippen LogP contribution in [0.1, 0.15) is 23.3 Å². The molecule has 1 fully saturated rings. The average Bonchev–Trinajstić information content (AvgIpc) is 2.99. The van der Waals surface area contributed by atoms with E-state index in [1.807, 2.05) is 73.6 Å². The van der Waals surface area contributed by atoms with Gasteiger partial charge in [-0.15, -0.1) is 0 Å². The van der Waals surface area contributed by atoms with E-state index in [1.54, 1.807) is 24.3 Å². The molecule has 5 nitrogen and oxygen atoms in total. The molecule has 1 heterocycles. The van der Waals surface area contributed by atoms with Gasteiger partial charge in [0.25, 0.3) is 0 Å². The number of amides is 1. The monoisotopic (exact) mass is 453 g/mol. The molecule has 158 valence electrons. The van der Waals surface area contributed by atoms with Crippen molar-refractivity contribution in [3.05, 3.63) is 100 Å². The van der Waals surface area contributed by atoms with Gasteiger partial charge < -0.3 is 9.64 Å². The standard InChI is InChI=1S/C24H21Cl2N3O2/c1-28-21(17-12-6-8-14-19(17)25)22(27-24(30)31-16-10-4-3-5-11-16)29(2)23(28)18-13-7-9-15-20(18)26/h3-15,21,23H,1-2H3/b27-22+. The first-order chi connectivity index (χ1) is 15.0. The number of rotatable bonds is 3. The third kappa shape index (κ3) is 4.30. The molecule has 0 saturated carbocycles. The lowest BCUT2D eigenvalue weighted by molar-refractivity contribution is 0.176.